The molecule has 1 heteroatoms. The zero-order valence-corrected chi connectivity index (χ0v) is 16.0. The summed E-state index contributed by atoms with van der Waals surface area (Å²) in [7, 11) is 0. The largest absolute Gasteiger partial charge is 0.355 e. The van der Waals surface area contributed by atoms with Crippen molar-refractivity contribution >= 4 is 22.1 Å². The van der Waals surface area contributed by atoms with Crippen LogP contribution in [0, 0.1) is 0 Å². The normalized spacial score (nSPS) is 10.8. The van der Waals surface area contributed by atoms with Crippen molar-refractivity contribution in [1.29, 1.82) is 0 Å². The summed E-state index contributed by atoms with van der Waals surface area (Å²) in [6.45, 7) is 0. The van der Waals surface area contributed by atoms with Gasteiger partial charge in [-0.2, -0.15) is 0 Å². The first-order valence-electron chi connectivity index (χ1n) is 9.87. The van der Waals surface area contributed by atoms with Crippen molar-refractivity contribution in [2.75, 3.05) is 5.32 Å². The first-order valence-corrected chi connectivity index (χ1v) is 9.87. The molecule has 0 unspecified atom stereocenters. The Morgan fingerprint density at radius 3 is 1.59 bits per heavy atom. The van der Waals surface area contributed by atoms with E-state index in [-0.39, 0.29) is 0 Å². The summed E-state index contributed by atoms with van der Waals surface area (Å²) < 4.78 is 0. The molecule has 29 heavy (non-hydrogen) atoms. The van der Waals surface area contributed by atoms with Gasteiger partial charge in [0.2, 0.25) is 0 Å². The molecule has 0 aliphatic heterocycles. The predicted molar refractivity (Wildman–Crippen MR) is 125 cm³/mol. The Morgan fingerprint density at radius 1 is 0.379 bits per heavy atom. The highest BCUT2D eigenvalue weighted by molar-refractivity contribution is 5.95. The SMILES string of the molecule is c1ccc(-c2ccc(-c3ccc(Nc4cccc5ccccc45)cc3)cc2)cc1. The van der Waals surface area contributed by atoms with Crippen LogP contribution in [-0.4, -0.2) is 0 Å². The second kappa shape index (κ2) is 7.65. The lowest BCUT2D eigenvalue weighted by Crippen LogP contribution is -1.91. The molecule has 1 nitrogen and oxygen atoms in total. The lowest BCUT2D eigenvalue weighted by atomic mass is 10.0. The summed E-state index contributed by atoms with van der Waals surface area (Å²) >= 11 is 0. The molecule has 0 fully saturated rings. The molecular formula is C28H21N. The van der Waals surface area contributed by atoms with Crippen molar-refractivity contribution < 1.29 is 0 Å². The van der Waals surface area contributed by atoms with E-state index in [1.807, 2.05) is 6.07 Å². The molecule has 5 aromatic rings. The Hall–Kier alpha value is -3.84. The van der Waals surface area contributed by atoms with Crippen molar-refractivity contribution in [3.63, 3.8) is 0 Å². The van der Waals surface area contributed by atoms with Crippen LogP contribution in [0.15, 0.2) is 121 Å². The quantitative estimate of drug-likeness (QED) is 0.338. The van der Waals surface area contributed by atoms with E-state index in [1.165, 1.54) is 33.0 Å². The minimum Gasteiger partial charge on any atom is -0.355 e. The minimum atomic E-state index is 1.09. The topological polar surface area (TPSA) is 12.0 Å². The molecular weight excluding hydrogens is 350 g/mol. The third-order valence-electron chi connectivity index (χ3n) is 5.28. The average Bonchev–Trinajstić information content (AvgIpc) is 2.81. The minimum absolute atomic E-state index is 1.09. The van der Waals surface area contributed by atoms with Crippen LogP contribution in [-0.2, 0) is 0 Å². The van der Waals surface area contributed by atoms with Gasteiger partial charge in [-0.15, -0.1) is 0 Å². The maximum atomic E-state index is 3.56. The van der Waals surface area contributed by atoms with Gasteiger partial charge >= 0.3 is 0 Å². The summed E-state index contributed by atoms with van der Waals surface area (Å²) in [4.78, 5) is 0. The molecule has 0 spiro atoms. The van der Waals surface area contributed by atoms with Gasteiger partial charge in [0, 0.05) is 16.8 Å². The number of fused-ring (bicyclic) bond motifs is 1. The van der Waals surface area contributed by atoms with Crippen LogP contribution in [0.4, 0.5) is 11.4 Å². The van der Waals surface area contributed by atoms with Gasteiger partial charge in [-0.05, 0) is 45.8 Å². The van der Waals surface area contributed by atoms with Crippen molar-refractivity contribution in [2.24, 2.45) is 0 Å². The summed E-state index contributed by atoms with van der Waals surface area (Å²) in [6.07, 6.45) is 0. The summed E-state index contributed by atoms with van der Waals surface area (Å²) in [6, 6.07) is 42.7. The molecule has 5 aromatic carbocycles. The number of nitrogens with one attached hydrogen (secondary N) is 1. The van der Waals surface area contributed by atoms with E-state index in [2.05, 4.69) is 121 Å². The Kier molecular flexibility index (Phi) is 4.56. The summed E-state index contributed by atoms with van der Waals surface area (Å²) in [5.41, 5.74) is 7.14. The third-order valence-corrected chi connectivity index (χ3v) is 5.28. The Labute approximate surface area is 171 Å². The van der Waals surface area contributed by atoms with E-state index in [1.54, 1.807) is 0 Å². The van der Waals surface area contributed by atoms with E-state index in [9.17, 15) is 0 Å². The molecule has 0 saturated carbocycles. The standard InChI is InChI=1S/C28H21N/c1-2-7-21(8-3-1)22-13-15-23(16-14-22)24-17-19-26(20-18-24)29-28-12-6-10-25-9-4-5-11-27(25)28/h1-20,29H. The van der Waals surface area contributed by atoms with Gasteiger partial charge in [0.25, 0.3) is 0 Å². The smallest absolute Gasteiger partial charge is 0.0463 e. The molecule has 1 N–H and O–H groups in total. The number of benzene rings is 5. The van der Waals surface area contributed by atoms with Crippen LogP contribution < -0.4 is 5.32 Å². The lowest BCUT2D eigenvalue weighted by molar-refractivity contribution is 1.55. The van der Waals surface area contributed by atoms with E-state index in [4.69, 9.17) is 0 Å². The van der Waals surface area contributed by atoms with Crippen LogP contribution in [0.2, 0.25) is 0 Å². The fraction of sp³-hybridized carbons (Fsp3) is 0. The van der Waals surface area contributed by atoms with E-state index in [0.29, 0.717) is 0 Å². The molecule has 0 amide bonds. The van der Waals surface area contributed by atoms with Gasteiger partial charge in [0.1, 0.15) is 0 Å². The van der Waals surface area contributed by atoms with Gasteiger partial charge in [0.15, 0.2) is 0 Å². The molecule has 0 radical (unpaired) electrons. The highest BCUT2D eigenvalue weighted by atomic mass is 14.9. The zero-order valence-electron chi connectivity index (χ0n) is 16.0. The summed E-state index contributed by atoms with van der Waals surface area (Å²) in [5, 5.41) is 6.03. The van der Waals surface area contributed by atoms with Gasteiger partial charge in [-0.1, -0.05) is 103 Å². The third kappa shape index (κ3) is 3.63. The second-order valence-electron chi connectivity index (χ2n) is 7.17. The molecule has 0 aliphatic carbocycles. The van der Waals surface area contributed by atoms with Crippen LogP contribution >= 0.6 is 0 Å². The lowest BCUT2D eigenvalue weighted by Gasteiger charge is -2.11. The first-order chi connectivity index (χ1) is 14.4. The molecule has 0 aromatic heterocycles. The number of hydrogen-bond donors (Lipinski definition) is 1. The van der Waals surface area contributed by atoms with E-state index < -0.39 is 0 Å². The number of rotatable bonds is 4. The second-order valence-corrected chi connectivity index (χ2v) is 7.17. The molecule has 5 rings (SSSR count). The van der Waals surface area contributed by atoms with Gasteiger partial charge in [-0.25, -0.2) is 0 Å². The predicted octanol–water partition coefficient (Wildman–Crippen LogP) is 7.92. The van der Waals surface area contributed by atoms with Crippen molar-refractivity contribution in [2.45, 2.75) is 0 Å². The molecule has 0 aliphatic rings. The fourth-order valence-electron chi connectivity index (χ4n) is 3.72. The van der Waals surface area contributed by atoms with Crippen LogP contribution in [0.25, 0.3) is 33.0 Å². The van der Waals surface area contributed by atoms with Crippen LogP contribution in [0.1, 0.15) is 0 Å². The monoisotopic (exact) mass is 371 g/mol. The average molecular weight is 371 g/mol. The Balaban J connectivity index is 1.37. The van der Waals surface area contributed by atoms with Crippen molar-refractivity contribution in [3.05, 3.63) is 121 Å². The van der Waals surface area contributed by atoms with Crippen LogP contribution in [0.5, 0.6) is 0 Å². The molecule has 0 heterocycles. The van der Waals surface area contributed by atoms with Gasteiger partial charge in [0.05, 0.1) is 0 Å². The van der Waals surface area contributed by atoms with Gasteiger partial charge in [-0.3, -0.25) is 0 Å². The maximum Gasteiger partial charge on any atom is 0.0463 e. The summed E-state index contributed by atoms with van der Waals surface area (Å²) in [5.74, 6) is 0. The van der Waals surface area contributed by atoms with E-state index in [0.717, 1.165) is 11.4 Å². The first kappa shape index (κ1) is 17.3. The van der Waals surface area contributed by atoms with Crippen molar-refractivity contribution in [1.82, 2.24) is 0 Å². The molecule has 0 atom stereocenters. The van der Waals surface area contributed by atoms with Crippen molar-refractivity contribution in [3.8, 4) is 22.3 Å². The Morgan fingerprint density at radius 2 is 0.897 bits per heavy atom. The number of anilines is 2. The Bertz CT molecular complexity index is 1230. The van der Waals surface area contributed by atoms with Crippen LogP contribution in [0.3, 0.4) is 0 Å². The zero-order chi connectivity index (χ0) is 19.5. The highest BCUT2D eigenvalue weighted by Gasteiger charge is 2.03. The maximum absolute atomic E-state index is 3.56. The highest BCUT2D eigenvalue weighted by Crippen LogP contribution is 2.29. The molecule has 138 valence electrons. The fourth-order valence-corrected chi connectivity index (χ4v) is 3.72. The van der Waals surface area contributed by atoms with E-state index >= 15 is 0 Å². The molecule has 0 bridgehead atoms. The number of hydrogen-bond acceptors (Lipinski definition) is 1. The molecule has 0 saturated heterocycles. The van der Waals surface area contributed by atoms with Gasteiger partial charge < -0.3 is 5.32 Å².